The molecule has 1 aromatic carbocycles. The molecule has 1 aromatic heterocycles. The van der Waals surface area contributed by atoms with E-state index >= 15 is 0 Å². The summed E-state index contributed by atoms with van der Waals surface area (Å²) in [4.78, 5) is 6.78. The monoisotopic (exact) mass is 315 g/mol. The second-order valence-corrected chi connectivity index (χ2v) is 6.63. The summed E-state index contributed by atoms with van der Waals surface area (Å²) in [5.74, 6) is 1.64. The third-order valence-corrected chi connectivity index (χ3v) is 4.39. The van der Waals surface area contributed by atoms with Crippen LogP contribution in [0, 0.1) is 0 Å². The van der Waals surface area contributed by atoms with Gasteiger partial charge in [-0.25, -0.2) is 0 Å². The lowest BCUT2D eigenvalue weighted by Crippen LogP contribution is -2.26. The molecule has 0 saturated carbocycles. The fourth-order valence-electron chi connectivity index (χ4n) is 3.13. The van der Waals surface area contributed by atoms with Crippen LogP contribution in [-0.2, 0) is 6.42 Å². The maximum atomic E-state index is 10.0. The number of likely N-dealkylation sites (tertiary alicyclic amines) is 1. The summed E-state index contributed by atoms with van der Waals surface area (Å²) in [6.45, 7) is 5.71. The van der Waals surface area contributed by atoms with E-state index in [0.717, 1.165) is 25.2 Å². The predicted molar refractivity (Wildman–Crippen MR) is 88.1 cm³/mol. The van der Waals surface area contributed by atoms with Crippen molar-refractivity contribution >= 4 is 0 Å². The molecule has 5 nitrogen and oxygen atoms in total. The highest BCUT2D eigenvalue weighted by Crippen LogP contribution is 2.31. The molecule has 0 bridgehead atoms. The maximum absolute atomic E-state index is 10.0. The van der Waals surface area contributed by atoms with Crippen LogP contribution in [0.1, 0.15) is 55.9 Å². The van der Waals surface area contributed by atoms with E-state index in [1.807, 2.05) is 6.07 Å². The number of rotatable bonds is 6. The van der Waals surface area contributed by atoms with Gasteiger partial charge >= 0.3 is 0 Å². The Morgan fingerprint density at radius 3 is 2.78 bits per heavy atom. The first kappa shape index (κ1) is 16.1. The molecule has 2 aromatic rings. The Labute approximate surface area is 137 Å². The van der Waals surface area contributed by atoms with E-state index in [2.05, 4.69) is 53.2 Å². The van der Waals surface area contributed by atoms with E-state index in [1.54, 1.807) is 0 Å². The fraction of sp³-hybridized carbons (Fsp3) is 0.556. The number of hydrogen-bond donors (Lipinski definition) is 1. The van der Waals surface area contributed by atoms with Gasteiger partial charge in [0.15, 0.2) is 5.82 Å². The van der Waals surface area contributed by atoms with E-state index in [1.165, 1.54) is 5.56 Å². The van der Waals surface area contributed by atoms with Gasteiger partial charge in [-0.1, -0.05) is 49.3 Å². The smallest absolute Gasteiger partial charge is 0.244 e. The molecule has 1 N–H and O–H groups in total. The summed E-state index contributed by atoms with van der Waals surface area (Å²) in [6.07, 6.45) is 2.45. The van der Waals surface area contributed by atoms with Gasteiger partial charge in [-0.3, -0.25) is 4.90 Å². The molecular formula is C18H25N3O2. The lowest BCUT2D eigenvalue weighted by Gasteiger charge is -2.21. The van der Waals surface area contributed by atoms with Gasteiger partial charge in [-0.05, 0) is 31.4 Å². The molecule has 5 heteroatoms. The van der Waals surface area contributed by atoms with Crippen LogP contribution in [0.5, 0.6) is 0 Å². The molecule has 2 atom stereocenters. The van der Waals surface area contributed by atoms with Crippen LogP contribution < -0.4 is 0 Å². The average molecular weight is 315 g/mol. The second-order valence-electron chi connectivity index (χ2n) is 6.63. The van der Waals surface area contributed by atoms with Crippen molar-refractivity contribution in [2.75, 3.05) is 13.1 Å². The molecule has 3 rings (SSSR count). The molecule has 0 amide bonds. The van der Waals surface area contributed by atoms with Gasteiger partial charge in [-0.15, -0.1) is 0 Å². The molecule has 1 saturated heterocycles. The number of β-amino-alcohol motifs (C(OH)–C–C–N with tert-alkyl or cyclic N) is 1. The van der Waals surface area contributed by atoms with E-state index in [0.29, 0.717) is 18.9 Å². The van der Waals surface area contributed by atoms with E-state index < -0.39 is 0 Å². The summed E-state index contributed by atoms with van der Waals surface area (Å²) in [7, 11) is 0. The Hall–Kier alpha value is -1.72. The molecular weight excluding hydrogens is 290 g/mol. The normalized spacial score (nSPS) is 22.1. The van der Waals surface area contributed by atoms with Crippen molar-refractivity contribution in [2.24, 2.45) is 0 Å². The Bertz CT molecular complexity index is 612. The van der Waals surface area contributed by atoms with Gasteiger partial charge in [-0.2, -0.15) is 4.98 Å². The molecule has 0 radical (unpaired) electrons. The summed E-state index contributed by atoms with van der Waals surface area (Å²) >= 11 is 0. The van der Waals surface area contributed by atoms with Crippen LogP contribution in [0.4, 0.5) is 0 Å². The molecule has 0 spiro atoms. The van der Waals surface area contributed by atoms with Gasteiger partial charge in [0.1, 0.15) is 0 Å². The van der Waals surface area contributed by atoms with Crippen molar-refractivity contribution in [2.45, 2.75) is 51.2 Å². The van der Waals surface area contributed by atoms with E-state index in [-0.39, 0.29) is 18.1 Å². The molecule has 2 heterocycles. The Morgan fingerprint density at radius 1 is 1.30 bits per heavy atom. The van der Waals surface area contributed by atoms with Gasteiger partial charge in [0.25, 0.3) is 0 Å². The zero-order valence-electron chi connectivity index (χ0n) is 13.9. The van der Waals surface area contributed by atoms with Crippen molar-refractivity contribution < 1.29 is 9.63 Å². The number of aromatic nitrogens is 2. The average Bonchev–Trinajstić information content (AvgIpc) is 3.15. The van der Waals surface area contributed by atoms with Crippen LogP contribution in [-0.4, -0.2) is 39.3 Å². The fourth-order valence-corrected chi connectivity index (χ4v) is 3.13. The Morgan fingerprint density at radius 2 is 2.09 bits per heavy atom. The van der Waals surface area contributed by atoms with Gasteiger partial charge < -0.3 is 9.63 Å². The largest absolute Gasteiger partial charge is 0.392 e. The number of benzene rings is 1. The van der Waals surface area contributed by atoms with Crippen molar-refractivity contribution in [3.05, 3.63) is 47.6 Å². The van der Waals surface area contributed by atoms with Crippen LogP contribution in [0.3, 0.4) is 0 Å². The molecule has 0 aliphatic carbocycles. The van der Waals surface area contributed by atoms with Crippen molar-refractivity contribution in [3.63, 3.8) is 0 Å². The standard InChI is InChI=1S/C18H25N3O2/c1-13(2)17-19-18(23-20-17)16-11-15(22)12-21(16)10-6-9-14-7-4-3-5-8-14/h3-5,7-8,13,15-16,22H,6,9-12H2,1-2H3. The zero-order valence-corrected chi connectivity index (χ0v) is 13.9. The zero-order chi connectivity index (χ0) is 16.2. The molecule has 1 fully saturated rings. The highest BCUT2D eigenvalue weighted by molar-refractivity contribution is 5.14. The Balaban J connectivity index is 1.60. The van der Waals surface area contributed by atoms with Gasteiger partial charge in [0.2, 0.25) is 5.89 Å². The molecule has 23 heavy (non-hydrogen) atoms. The lowest BCUT2D eigenvalue weighted by molar-refractivity contribution is 0.172. The Kier molecular flexibility index (Phi) is 5.08. The van der Waals surface area contributed by atoms with Crippen LogP contribution in [0.25, 0.3) is 0 Å². The van der Waals surface area contributed by atoms with Gasteiger partial charge in [0.05, 0.1) is 12.1 Å². The molecule has 1 aliphatic rings. The summed E-state index contributed by atoms with van der Waals surface area (Å²) in [5, 5.41) is 14.1. The first-order valence-corrected chi connectivity index (χ1v) is 8.43. The highest BCUT2D eigenvalue weighted by atomic mass is 16.5. The SMILES string of the molecule is CC(C)c1noc(C2CC(O)CN2CCCc2ccccc2)n1. The number of aryl methyl sites for hydroxylation is 1. The summed E-state index contributed by atoms with van der Waals surface area (Å²) in [5.41, 5.74) is 1.35. The first-order chi connectivity index (χ1) is 11.1. The first-order valence-electron chi connectivity index (χ1n) is 8.43. The molecule has 1 aliphatic heterocycles. The molecule has 2 unspecified atom stereocenters. The second kappa shape index (κ2) is 7.23. The highest BCUT2D eigenvalue weighted by Gasteiger charge is 2.35. The lowest BCUT2D eigenvalue weighted by atomic mass is 10.1. The third kappa shape index (κ3) is 3.98. The third-order valence-electron chi connectivity index (χ3n) is 4.39. The number of hydrogen-bond acceptors (Lipinski definition) is 5. The summed E-state index contributed by atoms with van der Waals surface area (Å²) in [6, 6.07) is 10.5. The number of aliphatic hydroxyl groups is 1. The van der Waals surface area contributed by atoms with E-state index in [4.69, 9.17) is 4.52 Å². The van der Waals surface area contributed by atoms with Crippen LogP contribution in [0.2, 0.25) is 0 Å². The summed E-state index contributed by atoms with van der Waals surface area (Å²) < 4.78 is 5.44. The van der Waals surface area contributed by atoms with Gasteiger partial charge in [0, 0.05) is 12.5 Å². The number of aliphatic hydroxyl groups excluding tert-OH is 1. The number of nitrogens with zero attached hydrogens (tertiary/aromatic N) is 3. The minimum Gasteiger partial charge on any atom is -0.392 e. The molecule has 124 valence electrons. The predicted octanol–water partition coefficient (Wildman–Crippen LogP) is 2.93. The van der Waals surface area contributed by atoms with Crippen molar-refractivity contribution in [3.8, 4) is 0 Å². The van der Waals surface area contributed by atoms with Crippen molar-refractivity contribution in [1.82, 2.24) is 15.0 Å². The van der Waals surface area contributed by atoms with E-state index in [9.17, 15) is 5.11 Å². The van der Waals surface area contributed by atoms with Crippen LogP contribution >= 0.6 is 0 Å². The topological polar surface area (TPSA) is 62.4 Å². The van der Waals surface area contributed by atoms with Crippen molar-refractivity contribution in [1.29, 1.82) is 0 Å². The quantitative estimate of drug-likeness (QED) is 0.888. The minimum absolute atomic E-state index is 0.0424. The van der Waals surface area contributed by atoms with Crippen LogP contribution in [0.15, 0.2) is 34.9 Å². The maximum Gasteiger partial charge on any atom is 0.244 e. The minimum atomic E-state index is -0.314.